The van der Waals surface area contributed by atoms with Crippen LogP contribution < -0.4 is 5.32 Å². The molecule has 0 aliphatic carbocycles. The van der Waals surface area contributed by atoms with Crippen molar-refractivity contribution in [2.45, 2.75) is 52.5 Å². The fourth-order valence-corrected chi connectivity index (χ4v) is 2.37. The summed E-state index contributed by atoms with van der Waals surface area (Å²) in [6.45, 7) is 7.48. The van der Waals surface area contributed by atoms with Crippen molar-refractivity contribution in [3.8, 4) is 0 Å². The minimum atomic E-state index is 0.414. The number of hydrogen-bond donors (Lipinski definition) is 1. The third-order valence-corrected chi connectivity index (χ3v) is 3.55. The van der Waals surface area contributed by atoms with Gasteiger partial charge in [-0.15, -0.1) is 0 Å². The minimum absolute atomic E-state index is 0.414. The van der Waals surface area contributed by atoms with E-state index in [2.05, 4.69) is 60.5 Å². The number of aryl methyl sites for hydroxylation is 1. The molecular formula is C17H25N3O. The Balaban J connectivity index is 1.94. The fraction of sp³-hybridized carbons (Fsp3) is 0.529. The molecule has 0 spiro atoms. The Kier molecular flexibility index (Phi) is 5.93. The Morgan fingerprint density at radius 3 is 2.86 bits per heavy atom. The van der Waals surface area contributed by atoms with Gasteiger partial charge in [-0.3, -0.25) is 0 Å². The van der Waals surface area contributed by atoms with E-state index in [0.29, 0.717) is 6.04 Å². The van der Waals surface area contributed by atoms with E-state index >= 15 is 0 Å². The van der Waals surface area contributed by atoms with E-state index in [4.69, 9.17) is 4.52 Å². The van der Waals surface area contributed by atoms with Gasteiger partial charge < -0.3 is 9.84 Å². The normalized spacial score (nSPS) is 12.5. The predicted molar refractivity (Wildman–Crippen MR) is 84.4 cm³/mol. The molecule has 0 amide bonds. The molecule has 114 valence electrons. The molecule has 0 fully saturated rings. The largest absolute Gasteiger partial charge is 0.339 e. The van der Waals surface area contributed by atoms with E-state index in [1.807, 2.05) is 0 Å². The molecule has 1 aromatic heterocycles. The average molecular weight is 287 g/mol. The molecule has 2 aromatic rings. The average Bonchev–Trinajstić information content (AvgIpc) is 2.90. The molecule has 2 rings (SSSR count). The number of nitrogens with zero attached hydrogens (tertiary/aromatic N) is 2. The maximum atomic E-state index is 5.38. The van der Waals surface area contributed by atoms with Crippen LogP contribution in [-0.2, 0) is 12.8 Å². The second-order valence-electron chi connectivity index (χ2n) is 5.53. The molecule has 4 nitrogen and oxygen atoms in total. The molecule has 0 aliphatic heterocycles. The first kappa shape index (κ1) is 15.7. The van der Waals surface area contributed by atoms with Crippen molar-refractivity contribution < 1.29 is 4.52 Å². The summed E-state index contributed by atoms with van der Waals surface area (Å²) in [5.74, 6) is 1.49. The minimum Gasteiger partial charge on any atom is -0.339 e. The van der Waals surface area contributed by atoms with Crippen LogP contribution in [0, 0.1) is 6.92 Å². The monoisotopic (exact) mass is 287 g/mol. The van der Waals surface area contributed by atoms with Crippen molar-refractivity contribution in [2.24, 2.45) is 0 Å². The van der Waals surface area contributed by atoms with E-state index < -0.39 is 0 Å². The first-order chi connectivity index (χ1) is 10.2. The summed E-state index contributed by atoms with van der Waals surface area (Å²) in [5, 5.41) is 7.60. The van der Waals surface area contributed by atoms with Gasteiger partial charge in [-0.05, 0) is 31.9 Å². The van der Waals surface area contributed by atoms with Crippen molar-refractivity contribution >= 4 is 0 Å². The van der Waals surface area contributed by atoms with Crippen LogP contribution in [0.4, 0.5) is 0 Å². The van der Waals surface area contributed by atoms with Crippen LogP contribution in [0.2, 0.25) is 0 Å². The van der Waals surface area contributed by atoms with Crippen molar-refractivity contribution in [2.75, 3.05) is 6.54 Å². The molecule has 0 aliphatic rings. The van der Waals surface area contributed by atoms with E-state index in [1.165, 1.54) is 11.1 Å². The molecule has 0 saturated heterocycles. The van der Waals surface area contributed by atoms with Crippen LogP contribution in [-0.4, -0.2) is 22.7 Å². The van der Waals surface area contributed by atoms with Gasteiger partial charge in [0.2, 0.25) is 5.89 Å². The Morgan fingerprint density at radius 2 is 2.14 bits per heavy atom. The molecule has 21 heavy (non-hydrogen) atoms. The van der Waals surface area contributed by atoms with Gasteiger partial charge in [0.05, 0.1) is 0 Å². The lowest BCUT2D eigenvalue weighted by molar-refractivity contribution is 0.350. The Labute approximate surface area is 127 Å². The molecule has 1 atom stereocenters. The zero-order chi connectivity index (χ0) is 15.1. The number of rotatable bonds is 8. The van der Waals surface area contributed by atoms with Gasteiger partial charge in [0.1, 0.15) is 0 Å². The molecule has 1 heterocycles. The lowest BCUT2D eigenvalue weighted by atomic mass is 10.1. The first-order valence-corrected chi connectivity index (χ1v) is 7.81. The van der Waals surface area contributed by atoms with Crippen molar-refractivity contribution in [1.82, 2.24) is 15.5 Å². The summed E-state index contributed by atoms with van der Waals surface area (Å²) in [6.07, 6.45) is 3.73. The van der Waals surface area contributed by atoms with Gasteiger partial charge in [0.25, 0.3) is 0 Å². The quantitative estimate of drug-likeness (QED) is 0.809. The van der Waals surface area contributed by atoms with Crippen molar-refractivity contribution in [3.63, 3.8) is 0 Å². The molecule has 0 bridgehead atoms. The van der Waals surface area contributed by atoms with Crippen molar-refractivity contribution in [1.29, 1.82) is 0 Å². The van der Waals surface area contributed by atoms with Gasteiger partial charge >= 0.3 is 0 Å². The number of aromatic nitrogens is 2. The molecule has 0 radical (unpaired) electrons. The topological polar surface area (TPSA) is 51.0 Å². The Morgan fingerprint density at radius 1 is 1.29 bits per heavy atom. The summed E-state index contributed by atoms with van der Waals surface area (Å²) in [7, 11) is 0. The van der Waals surface area contributed by atoms with Crippen LogP contribution in [0.25, 0.3) is 0 Å². The number of nitrogens with one attached hydrogen (secondary N) is 1. The van der Waals surface area contributed by atoms with E-state index in [9.17, 15) is 0 Å². The lowest BCUT2D eigenvalue weighted by Gasteiger charge is -2.13. The Hall–Kier alpha value is -1.68. The highest BCUT2D eigenvalue weighted by Gasteiger charge is 2.12. The van der Waals surface area contributed by atoms with Crippen LogP contribution in [0.3, 0.4) is 0 Å². The molecule has 1 unspecified atom stereocenters. The third-order valence-electron chi connectivity index (χ3n) is 3.55. The van der Waals surface area contributed by atoms with Gasteiger partial charge in [-0.2, -0.15) is 4.98 Å². The lowest BCUT2D eigenvalue weighted by Crippen LogP contribution is -2.31. The van der Waals surface area contributed by atoms with E-state index in [-0.39, 0.29) is 0 Å². The first-order valence-electron chi connectivity index (χ1n) is 7.81. The number of benzene rings is 1. The predicted octanol–water partition coefficient (Wildman–Crippen LogP) is 3.29. The molecule has 0 saturated carbocycles. The standard InChI is InChI=1S/C17H25N3O/c1-4-9-18-15(5-2)12-17-19-16(20-21-17)11-14-8-6-7-13(3)10-14/h6-8,10,15,18H,4-5,9,11-12H2,1-3H3. The summed E-state index contributed by atoms with van der Waals surface area (Å²) in [4.78, 5) is 4.51. The third kappa shape index (κ3) is 4.97. The van der Waals surface area contributed by atoms with Crippen LogP contribution >= 0.6 is 0 Å². The van der Waals surface area contributed by atoms with Gasteiger partial charge in [-0.1, -0.05) is 48.8 Å². The van der Waals surface area contributed by atoms with Gasteiger partial charge in [-0.25, -0.2) is 0 Å². The second-order valence-corrected chi connectivity index (χ2v) is 5.53. The zero-order valence-electron chi connectivity index (χ0n) is 13.2. The van der Waals surface area contributed by atoms with Gasteiger partial charge in [0.15, 0.2) is 5.82 Å². The summed E-state index contributed by atoms with van der Waals surface area (Å²) >= 11 is 0. The van der Waals surface area contributed by atoms with Crippen molar-refractivity contribution in [3.05, 3.63) is 47.1 Å². The Bertz CT molecular complexity index is 550. The van der Waals surface area contributed by atoms with Crippen LogP contribution in [0.15, 0.2) is 28.8 Å². The maximum absolute atomic E-state index is 5.38. The zero-order valence-corrected chi connectivity index (χ0v) is 13.2. The second kappa shape index (κ2) is 7.93. The molecule has 4 heteroatoms. The van der Waals surface area contributed by atoms with Crippen LogP contribution in [0.1, 0.15) is 49.5 Å². The molecular weight excluding hydrogens is 262 g/mol. The summed E-state index contributed by atoms with van der Waals surface area (Å²) < 4.78 is 5.38. The summed E-state index contributed by atoms with van der Waals surface area (Å²) in [6, 6.07) is 8.83. The SMILES string of the molecule is CCCNC(CC)Cc1nc(Cc2cccc(C)c2)no1. The highest BCUT2D eigenvalue weighted by Crippen LogP contribution is 2.10. The summed E-state index contributed by atoms with van der Waals surface area (Å²) in [5.41, 5.74) is 2.48. The highest BCUT2D eigenvalue weighted by atomic mass is 16.5. The maximum Gasteiger partial charge on any atom is 0.228 e. The number of hydrogen-bond acceptors (Lipinski definition) is 4. The van der Waals surface area contributed by atoms with Gasteiger partial charge in [0, 0.05) is 18.9 Å². The van der Waals surface area contributed by atoms with E-state index in [0.717, 1.165) is 43.9 Å². The fourth-order valence-electron chi connectivity index (χ4n) is 2.37. The van der Waals surface area contributed by atoms with E-state index in [1.54, 1.807) is 0 Å². The molecule has 1 aromatic carbocycles. The molecule has 1 N–H and O–H groups in total. The smallest absolute Gasteiger partial charge is 0.228 e. The van der Waals surface area contributed by atoms with Crippen LogP contribution in [0.5, 0.6) is 0 Å². The highest BCUT2D eigenvalue weighted by molar-refractivity contribution is 5.24.